The van der Waals surface area contributed by atoms with Crippen LogP contribution in [-0.2, 0) is 16.6 Å². The van der Waals surface area contributed by atoms with Crippen LogP contribution in [0.1, 0.15) is 5.69 Å². The highest BCUT2D eigenvalue weighted by Gasteiger charge is 2.30. The van der Waals surface area contributed by atoms with Gasteiger partial charge in [-0.2, -0.15) is 13.2 Å². The standard InChI is InChI=1S/C22H24F3N5O4S/c1-34-20-11-15(35(27,32)33)7-8-18(20)28-9-3-4-14-10-16-17(29-12-21(26)31)5-2-6-19(16)30(14)13-22(23,24)25/h2,5-8,10-11,21,28-29,31H,9,12-13,26H2,1H3,(H2,27,32,33). The smallest absolute Gasteiger partial charge is 0.406 e. The summed E-state index contributed by atoms with van der Waals surface area (Å²) < 4.78 is 69.1. The lowest BCUT2D eigenvalue weighted by Crippen LogP contribution is -2.28. The van der Waals surface area contributed by atoms with Gasteiger partial charge in [0.1, 0.15) is 18.5 Å². The molecule has 3 rings (SSSR count). The van der Waals surface area contributed by atoms with E-state index in [4.69, 9.17) is 15.6 Å². The molecule has 1 aromatic heterocycles. The summed E-state index contributed by atoms with van der Waals surface area (Å²) in [6.45, 7) is -1.19. The number of aliphatic hydroxyl groups is 1. The predicted molar refractivity (Wildman–Crippen MR) is 126 cm³/mol. The zero-order chi connectivity index (χ0) is 25.8. The fourth-order valence-electron chi connectivity index (χ4n) is 3.38. The second-order valence-electron chi connectivity index (χ2n) is 7.48. The lowest BCUT2D eigenvalue weighted by Gasteiger charge is -2.12. The highest BCUT2D eigenvalue weighted by atomic mass is 32.2. The van der Waals surface area contributed by atoms with Crippen LogP contribution >= 0.6 is 0 Å². The first-order valence-corrected chi connectivity index (χ1v) is 11.7. The summed E-state index contributed by atoms with van der Waals surface area (Å²) in [6, 6.07) is 10.3. The maximum Gasteiger partial charge on any atom is 0.406 e. The van der Waals surface area contributed by atoms with E-state index in [1.807, 2.05) is 0 Å². The fourth-order valence-corrected chi connectivity index (χ4v) is 3.90. The summed E-state index contributed by atoms with van der Waals surface area (Å²) in [5, 5.41) is 20.8. The number of hydrogen-bond donors (Lipinski definition) is 5. The van der Waals surface area contributed by atoms with Crippen LogP contribution in [0.2, 0.25) is 0 Å². The number of alkyl halides is 3. The van der Waals surface area contributed by atoms with Gasteiger partial charge in [0, 0.05) is 17.1 Å². The molecule has 0 aliphatic rings. The molecule has 0 amide bonds. The normalized spacial score (nSPS) is 12.7. The first kappa shape index (κ1) is 26.2. The van der Waals surface area contributed by atoms with Gasteiger partial charge in [-0.05, 0) is 36.3 Å². The van der Waals surface area contributed by atoms with E-state index in [2.05, 4.69) is 22.5 Å². The van der Waals surface area contributed by atoms with Crippen molar-refractivity contribution >= 4 is 32.3 Å². The van der Waals surface area contributed by atoms with Crippen LogP contribution in [0.15, 0.2) is 47.4 Å². The number of rotatable bonds is 8. The molecule has 1 unspecified atom stereocenters. The van der Waals surface area contributed by atoms with Crippen LogP contribution in [0.25, 0.3) is 10.9 Å². The van der Waals surface area contributed by atoms with E-state index in [-0.39, 0.29) is 29.4 Å². The third-order valence-corrected chi connectivity index (χ3v) is 5.78. The zero-order valence-electron chi connectivity index (χ0n) is 18.6. The van der Waals surface area contributed by atoms with Gasteiger partial charge < -0.3 is 30.8 Å². The molecule has 0 saturated carbocycles. The zero-order valence-corrected chi connectivity index (χ0v) is 19.4. The number of sulfonamides is 1. The Morgan fingerprint density at radius 1 is 1.17 bits per heavy atom. The summed E-state index contributed by atoms with van der Waals surface area (Å²) in [5.74, 6) is 5.74. The van der Waals surface area contributed by atoms with Crippen LogP contribution in [-0.4, -0.2) is 50.7 Å². The Hall–Kier alpha value is -3.44. The number of aromatic nitrogens is 1. The average molecular weight is 512 g/mol. The third kappa shape index (κ3) is 6.80. The molecule has 0 aliphatic carbocycles. The van der Waals surface area contributed by atoms with Crippen molar-refractivity contribution in [2.75, 3.05) is 30.8 Å². The van der Waals surface area contributed by atoms with Gasteiger partial charge in [-0.3, -0.25) is 0 Å². The number of nitrogens with two attached hydrogens (primary N) is 2. The van der Waals surface area contributed by atoms with Crippen LogP contribution < -0.4 is 26.2 Å². The molecule has 2 aromatic carbocycles. The first-order chi connectivity index (χ1) is 16.4. The van der Waals surface area contributed by atoms with Crippen molar-refractivity contribution in [2.45, 2.75) is 23.8 Å². The van der Waals surface area contributed by atoms with Gasteiger partial charge >= 0.3 is 6.18 Å². The number of ether oxygens (including phenoxy) is 1. The van der Waals surface area contributed by atoms with Gasteiger partial charge in [0.2, 0.25) is 10.0 Å². The van der Waals surface area contributed by atoms with E-state index < -0.39 is 29.0 Å². The molecule has 13 heteroatoms. The van der Waals surface area contributed by atoms with Crippen LogP contribution in [0.4, 0.5) is 24.5 Å². The monoisotopic (exact) mass is 511 g/mol. The summed E-state index contributed by atoms with van der Waals surface area (Å²) in [7, 11) is -2.56. The molecule has 1 atom stereocenters. The summed E-state index contributed by atoms with van der Waals surface area (Å²) in [6.07, 6.45) is -5.61. The quantitative estimate of drug-likeness (QED) is 0.230. The second-order valence-corrected chi connectivity index (χ2v) is 9.04. The maximum atomic E-state index is 13.3. The van der Waals surface area contributed by atoms with E-state index in [0.29, 0.717) is 22.3 Å². The van der Waals surface area contributed by atoms with E-state index in [0.717, 1.165) is 4.57 Å². The molecule has 1 heterocycles. The van der Waals surface area contributed by atoms with Gasteiger partial charge in [0.05, 0.1) is 42.0 Å². The summed E-state index contributed by atoms with van der Waals surface area (Å²) in [4.78, 5) is -0.130. The average Bonchev–Trinajstić information content (AvgIpc) is 3.10. The summed E-state index contributed by atoms with van der Waals surface area (Å²) in [5.41, 5.74) is 6.74. The van der Waals surface area contributed by atoms with E-state index in [9.17, 15) is 26.7 Å². The molecule has 9 nitrogen and oxygen atoms in total. The number of hydrogen-bond acceptors (Lipinski definition) is 7. The predicted octanol–water partition coefficient (Wildman–Crippen LogP) is 2.01. The van der Waals surface area contributed by atoms with Gasteiger partial charge in [0.25, 0.3) is 0 Å². The number of halogens is 3. The Labute approximate surface area is 199 Å². The number of benzene rings is 2. The molecule has 0 saturated heterocycles. The lowest BCUT2D eigenvalue weighted by molar-refractivity contribution is -0.140. The van der Waals surface area contributed by atoms with E-state index in [1.165, 1.54) is 31.4 Å². The minimum atomic E-state index is -4.48. The fraction of sp³-hybridized carbons (Fsp3) is 0.273. The molecular weight excluding hydrogens is 487 g/mol. The van der Waals surface area contributed by atoms with Crippen molar-refractivity contribution in [1.29, 1.82) is 0 Å². The number of aliphatic hydroxyl groups excluding tert-OH is 1. The molecule has 7 N–H and O–H groups in total. The number of anilines is 2. The second kappa shape index (κ2) is 10.4. The molecule has 0 spiro atoms. The van der Waals surface area contributed by atoms with E-state index in [1.54, 1.807) is 18.2 Å². The molecule has 188 valence electrons. The highest BCUT2D eigenvalue weighted by molar-refractivity contribution is 7.89. The number of fused-ring (bicyclic) bond motifs is 1. The van der Waals surface area contributed by atoms with Crippen LogP contribution in [0, 0.1) is 11.8 Å². The Morgan fingerprint density at radius 3 is 2.54 bits per heavy atom. The lowest BCUT2D eigenvalue weighted by atomic mass is 10.2. The number of primary sulfonamides is 1. The Morgan fingerprint density at radius 2 is 1.91 bits per heavy atom. The van der Waals surface area contributed by atoms with Gasteiger partial charge in [-0.25, -0.2) is 13.6 Å². The molecular formula is C22H24F3N5O4S. The van der Waals surface area contributed by atoms with Crippen molar-refractivity contribution in [2.24, 2.45) is 10.9 Å². The maximum absolute atomic E-state index is 13.3. The number of methoxy groups -OCH3 is 1. The molecule has 35 heavy (non-hydrogen) atoms. The van der Waals surface area contributed by atoms with Crippen molar-refractivity contribution in [3.8, 4) is 17.6 Å². The number of nitrogens with one attached hydrogen (secondary N) is 2. The first-order valence-electron chi connectivity index (χ1n) is 10.2. The van der Waals surface area contributed by atoms with Crippen molar-refractivity contribution in [3.05, 3.63) is 48.2 Å². The van der Waals surface area contributed by atoms with Gasteiger partial charge in [-0.1, -0.05) is 12.0 Å². The van der Waals surface area contributed by atoms with Crippen LogP contribution in [0.3, 0.4) is 0 Å². The Balaban J connectivity index is 1.90. The van der Waals surface area contributed by atoms with E-state index >= 15 is 0 Å². The Kier molecular flexibility index (Phi) is 7.81. The Bertz CT molecular complexity index is 1380. The molecule has 0 bridgehead atoms. The van der Waals surface area contributed by atoms with Crippen LogP contribution in [0.5, 0.6) is 5.75 Å². The largest absolute Gasteiger partial charge is 0.495 e. The molecule has 0 fully saturated rings. The molecule has 3 aromatic rings. The topological polar surface area (TPSA) is 145 Å². The van der Waals surface area contributed by atoms with Crippen molar-refractivity contribution in [1.82, 2.24) is 4.57 Å². The SMILES string of the molecule is COc1cc(S(N)(=O)=O)ccc1NCC#Cc1cc2c(NCC(N)O)cccc2n1CC(F)(F)F. The molecule has 0 aliphatic heterocycles. The van der Waals surface area contributed by atoms with Crippen molar-refractivity contribution < 1.29 is 31.4 Å². The minimum absolute atomic E-state index is 0.0145. The third-order valence-electron chi connectivity index (χ3n) is 4.87. The van der Waals surface area contributed by atoms with Gasteiger partial charge in [0.15, 0.2) is 0 Å². The van der Waals surface area contributed by atoms with Crippen molar-refractivity contribution in [3.63, 3.8) is 0 Å². The van der Waals surface area contributed by atoms with Gasteiger partial charge in [-0.15, -0.1) is 0 Å². The minimum Gasteiger partial charge on any atom is -0.495 e. The highest BCUT2D eigenvalue weighted by Crippen LogP contribution is 2.30. The molecule has 0 radical (unpaired) electrons. The summed E-state index contributed by atoms with van der Waals surface area (Å²) >= 11 is 0. The number of nitrogens with zero attached hydrogens (tertiary/aromatic N) is 1.